The molecule has 0 atom stereocenters. The Bertz CT molecular complexity index is 347. The lowest BCUT2D eigenvalue weighted by Crippen LogP contribution is -1.91. The summed E-state index contributed by atoms with van der Waals surface area (Å²) < 4.78 is 12.5. The molecular weight excluding hydrogens is 189 g/mol. The molecule has 0 aliphatic rings. The molecule has 0 aromatic carbocycles. The summed E-state index contributed by atoms with van der Waals surface area (Å²) in [5.41, 5.74) is -0.794. The molecule has 5 nitrogen and oxygen atoms in total. The van der Waals surface area contributed by atoms with Crippen LogP contribution in [0.5, 0.6) is 0 Å². The third kappa shape index (κ3) is 1.40. The van der Waals surface area contributed by atoms with Gasteiger partial charge in [0.1, 0.15) is 4.88 Å². The van der Waals surface area contributed by atoms with Crippen molar-refractivity contribution in [3.05, 3.63) is 26.2 Å². The Morgan fingerprint density at radius 3 is 2.58 bits per heavy atom. The third-order valence-corrected chi connectivity index (χ3v) is 1.98. The molecule has 1 rings (SSSR count). The van der Waals surface area contributed by atoms with Crippen molar-refractivity contribution in [2.75, 3.05) is 0 Å². The molecule has 1 aromatic rings. The molecule has 0 amide bonds. The summed E-state index contributed by atoms with van der Waals surface area (Å²) >= 11 is 0.243. The van der Waals surface area contributed by atoms with Gasteiger partial charge in [-0.2, -0.15) is 4.39 Å². The average molecular weight is 191 g/mol. The van der Waals surface area contributed by atoms with E-state index in [1.807, 2.05) is 0 Å². The number of hydrogen-bond acceptors (Lipinski definition) is 4. The van der Waals surface area contributed by atoms with E-state index >= 15 is 0 Å². The van der Waals surface area contributed by atoms with Crippen LogP contribution < -0.4 is 0 Å². The van der Waals surface area contributed by atoms with Gasteiger partial charge in [0.15, 0.2) is 0 Å². The fraction of sp³-hybridized carbons (Fsp3) is 0. The van der Waals surface area contributed by atoms with Crippen LogP contribution in [0.3, 0.4) is 0 Å². The van der Waals surface area contributed by atoms with Crippen LogP contribution in [0.1, 0.15) is 9.67 Å². The van der Waals surface area contributed by atoms with Gasteiger partial charge in [-0.15, -0.1) is 0 Å². The van der Waals surface area contributed by atoms with Gasteiger partial charge in [-0.25, -0.2) is 4.79 Å². The maximum Gasteiger partial charge on any atom is 0.346 e. The van der Waals surface area contributed by atoms with Gasteiger partial charge >= 0.3 is 11.7 Å². The van der Waals surface area contributed by atoms with Crippen molar-refractivity contribution in [1.29, 1.82) is 0 Å². The van der Waals surface area contributed by atoms with E-state index in [1.54, 1.807) is 0 Å². The quantitative estimate of drug-likeness (QED) is 0.567. The molecule has 1 heterocycles. The molecule has 0 unspecified atom stereocenters. The SMILES string of the molecule is O=C(O)c1cc([N+](=O)[O-])c(F)s1. The second-order valence-corrected chi connectivity index (χ2v) is 2.83. The highest BCUT2D eigenvalue weighted by atomic mass is 32.1. The predicted molar refractivity (Wildman–Crippen MR) is 37.9 cm³/mol. The number of halogens is 1. The molecule has 0 saturated carbocycles. The van der Waals surface area contributed by atoms with Gasteiger partial charge in [0.2, 0.25) is 0 Å². The average Bonchev–Trinajstić information content (AvgIpc) is 2.30. The molecule has 0 aliphatic heterocycles. The van der Waals surface area contributed by atoms with Crippen molar-refractivity contribution in [1.82, 2.24) is 0 Å². The second kappa shape index (κ2) is 2.86. The molecule has 1 N–H and O–H groups in total. The molecule has 0 radical (unpaired) electrons. The van der Waals surface area contributed by atoms with E-state index in [9.17, 15) is 19.3 Å². The van der Waals surface area contributed by atoms with Gasteiger partial charge in [-0.1, -0.05) is 11.3 Å². The lowest BCUT2D eigenvalue weighted by atomic mass is 10.4. The lowest BCUT2D eigenvalue weighted by molar-refractivity contribution is -0.387. The van der Waals surface area contributed by atoms with Crippen molar-refractivity contribution in [2.24, 2.45) is 0 Å². The molecule has 0 bridgehead atoms. The number of nitrogens with zero attached hydrogens (tertiary/aromatic N) is 1. The van der Waals surface area contributed by atoms with E-state index in [2.05, 4.69) is 0 Å². The van der Waals surface area contributed by atoms with E-state index in [-0.39, 0.29) is 16.2 Å². The normalized spacial score (nSPS) is 9.75. The Balaban J connectivity index is 3.17. The van der Waals surface area contributed by atoms with Crippen LogP contribution in [-0.2, 0) is 0 Å². The number of carbonyl (C=O) groups is 1. The minimum Gasteiger partial charge on any atom is -0.477 e. The number of aromatic carboxylic acids is 1. The molecule has 7 heteroatoms. The molecule has 1 aromatic heterocycles. The van der Waals surface area contributed by atoms with Gasteiger partial charge < -0.3 is 5.11 Å². The number of hydrogen-bond donors (Lipinski definition) is 1. The van der Waals surface area contributed by atoms with Crippen LogP contribution in [0.25, 0.3) is 0 Å². The lowest BCUT2D eigenvalue weighted by Gasteiger charge is -1.81. The number of thiophene rings is 1. The fourth-order valence-corrected chi connectivity index (χ4v) is 1.28. The first-order valence-corrected chi connectivity index (χ1v) is 3.51. The molecule has 0 spiro atoms. The highest BCUT2D eigenvalue weighted by Crippen LogP contribution is 2.26. The van der Waals surface area contributed by atoms with Gasteiger partial charge in [0, 0.05) is 6.07 Å². The topological polar surface area (TPSA) is 80.4 Å². The summed E-state index contributed by atoms with van der Waals surface area (Å²) in [7, 11) is 0. The zero-order valence-electron chi connectivity index (χ0n) is 5.48. The van der Waals surface area contributed by atoms with Gasteiger partial charge in [0.05, 0.1) is 4.92 Å². The Labute approximate surface area is 69.2 Å². The number of rotatable bonds is 2. The predicted octanol–water partition coefficient (Wildman–Crippen LogP) is 1.49. The summed E-state index contributed by atoms with van der Waals surface area (Å²) in [4.78, 5) is 18.9. The third-order valence-electron chi connectivity index (χ3n) is 1.08. The van der Waals surface area contributed by atoms with Gasteiger partial charge in [-0.05, 0) is 0 Å². The Kier molecular flexibility index (Phi) is 2.05. The second-order valence-electron chi connectivity index (χ2n) is 1.83. The summed E-state index contributed by atoms with van der Waals surface area (Å²) in [6.45, 7) is 0. The minimum atomic E-state index is -1.37. The van der Waals surface area contributed by atoms with E-state index < -0.39 is 21.7 Å². The summed E-state index contributed by atoms with van der Waals surface area (Å²) in [5, 5.41) is 17.3. The highest BCUT2D eigenvalue weighted by Gasteiger charge is 2.21. The van der Waals surface area contributed by atoms with E-state index in [0.29, 0.717) is 6.07 Å². The van der Waals surface area contributed by atoms with Crippen LogP contribution in [0.15, 0.2) is 6.07 Å². The van der Waals surface area contributed by atoms with Crippen LogP contribution in [0.2, 0.25) is 0 Å². The smallest absolute Gasteiger partial charge is 0.346 e. The first-order valence-electron chi connectivity index (χ1n) is 2.69. The van der Waals surface area contributed by atoms with Crippen molar-refractivity contribution in [3.63, 3.8) is 0 Å². The molecule has 12 heavy (non-hydrogen) atoms. The van der Waals surface area contributed by atoms with Crippen LogP contribution in [0, 0.1) is 15.2 Å². The van der Waals surface area contributed by atoms with Crippen LogP contribution >= 0.6 is 11.3 Å². The Morgan fingerprint density at radius 2 is 2.33 bits per heavy atom. The minimum absolute atomic E-state index is 0.243. The first kappa shape index (κ1) is 8.60. The van der Waals surface area contributed by atoms with Crippen molar-refractivity contribution in [2.45, 2.75) is 0 Å². The van der Waals surface area contributed by atoms with E-state index in [0.717, 1.165) is 0 Å². The van der Waals surface area contributed by atoms with Gasteiger partial charge in [0.25, 0.3) is 5.13 Å². The first-order chi connectivity index (χ1) is 5.52. The van der Waals surface area contributed by atoms with E-state index in [1.165, 1.54) is 0 Å². The molecule has 64 valence electrons. The number of carboxylic acids is 1. The zero-order valence-corrected chi connectivity index (χ0v) is 6.30. The molecule has 0 fully saturated rings. The van der Waals surface area contributed by atoms with Crippen molar-refractivity contribution < 1.29 is 19.2 Å². The standard InChI is InChI=1S/C5H2FNO4S/c6-4-2(7(10)11)1-3(12-4)5(8)9/h1H,(H,8,9). The monoisotopic (exact) mass is 191 g/mol. The fourth-order valence-electron chi connectivity index (χ4n) is 0.589. The van der Waals surface area contributed by atoms with Crippen molar-refractivity contribution in [3.8, 4) is 0 Å². The maximum absolute atomic E-state index is 12.5. The highest BCUT2D eigenvalue weighted by molar-refractivity contribution is 7.12. The van der Waals surface area contributed by atoms with Crippen LogP contribution in [-0.4, -0.2) is 16.0 Å². The van der Waals surface area contributed by atoms with E-state index in [4.69, 9.17) is 5.11 Å². The number of carboxylic acid groups (broad SMARTS) is 1. The maximum atomic E-state index is 12.5. The molecule has 0 aliphatic carbocycles. The Hall–Kier alpha value is -1.50. The largest absolute Gasteiger partial charge is 0.477 e. The molecule has 0 saturated heterocycles. The number of nitro groups is 1. The Morgan fingerprint density at radius 1 is 1.75 bits per heavy atom. The zero-order chi connectivity index (χ0) is 9.30. The van der Waals surface area contributed by atoms with Gasteiger partial charge in [-0.3, -0.25) is 10.1 Å². The van der Waals surface area contributed by atoms with Crippen molar-refractivity contribution >= 4 is 23.0 Å². The summed E-state index contributed by atoms with van der Waals surface area (Å²) in [5.74, 6) is -1.37. The van der Waals surface area contributed by atoms with Crippen LogP contribution in [0.4, 0.5) is 10.1 Å². The molecular formula is C5H2FNO4S. The summed E-state index contributed by atoms with van der Waals surface area (Å²) in [6, 6.07) is 0.697. The summed E-state index contributed by atoms with van der Waals surface area (Å²) in [6.07, 6.45) is 0.